The van der Waals surface area contributed by atoms with E-state index in [0.29, 0.717) is 42.4 Å². The molecule has 2 rings (SSSR count). The third-order valence-electron chi connectivity index (χ3n) is 5.83. The highest BCUT2D eigenvalue weighted by molar-refractivity contribution is 5.92. The van der Waals surface area contributed by atoms with E-state index in [1.165, 1.54) is 38.5 Å². The molecule has 0 saturated carbocycles. The van der Waals surface area contributed by atoms with Gasteiger partial charge in [-0.3, -0.25) is 4.79 Å². The molecule has 0 aliphatic carbocycles. The Balaban J connectivity index is 2.10. The van der Waals surface area contributed by atoms with Crippen molar-refractivity contribution in [2.75, 3.05) is 19.8 Å². The second-order valence-electron chi connectivity index (χ2n) is 8.68. The lowest BCUT2D eigenvalue weighted by Crippen LogP contribution is -2.09. The standard InChI is InChI=1S/C30H42O6/c1-4-7-8-9-10-11-12-15-23-35-26-19-16-20-27(24(26)21-22-29(31)33-5-2)36-28-18-14-13-17-25(28)30(32)34-6-3/h13-14,16-20H,4-12,15,21-23H2,1-3H3. The second kappa shape index (κ2) is 17.4. The predicted molar refractivity (Wildman–Crippen MR) is 142 cm³/mol. The third-order valence-corrected chi connectivity index (χ3v) is 5.83. The first-order valence-electron chi connectivity index (χ1n) is 13.4. The average Bonchev–Trinajstić information content (AvgIpc) is 2.88. The van der Waals surface area contributed by atoms with Crippen LogP contribution in [0.1, 0.15) is 94.5 Å². The quantitative estimate of drug-likeness (QED) is 0.155. The van der Waals surface area contributed by atoms with E-state index in [9.17, 15) is 9.59 Å². The van der Waals surface area contributed by atoms with E-state index in [2.05, 4.69) is 6.92 Å². The molecule has 0 aromatic heterocycles. The van der Waals surface area contributed by atoms with Gasteiger partial charge in [0.15, 0.2) is 0 Å². The summed E-state index contributed by atoms with van der Waals surface area (Å²) in [4.78, 5) is 24.5. The first kappa shape index (κ1) is 29.2. The maximum Gasteiger partial charge on any atom is 0.341 e. The number of benzene rings is 2. The Morgan fingerprint density at radius 2 is 1.33 bits per heavy atom. The van der Waals surface area contributed by atoms with Gasteiger partial charge in [0.2, 0.25) is 0 Å². The first-order valence-corrected chi connectivity index (χ1v) is 13.4. The number of carbonyl (C=O) groups is 2. The van der Waals surface area contributed by atoms with E-state index in [4.69, 9.17) is 18.9 Å². The van der Waals surface area contributed by atoms with Gasteiger partial charge in [-0.1, -0.05) is 70.1 Å². The van der Waals surface area contributed by atoms with Crippen molar-refractivity contribution >= 4 is 11.9 Å². The van der Waals surface area contributed by atoms with Crippen molar-refractivity contribution in [2.24, 2.45) is 0 Å². The van der Waals surface area contributed by atoms with Crippen molar-refractivity contribution in [2.45, 2.75) is 85.0 Å². The van der Waals surface area contributed by atoms with E-state index < -0.39 is 5.97 Å². The number of ether oxygens (including phenoxy) is 4. The average molecular weight is 499 g/mol. The minimum Gasteiger partial charge on any atom is -0.493 e. The molecular weight excluding hydrogens is 456 g/mol. The zero-order valence-corrected chi connectivity index (χ0v) is 22.2. The lowest BCUT2D eigenvalue weighted by molar-refractivity contribution is -0.143. The highest BCUT2D eigenvalue weighted by Gasteiger charge is 2.18. The molecule has 0 amide bonds. The van der Waals surface area contributed by atoms with Gasteiger partial charge in [-0.15, -0.1) is 0 Å². The minimum absolute atomic E-state index is 0.210. The van der Waals surface area contributed by atoms with Crippen molar-refractivity contribution in [1.82, 2.24) is 0 Å². The SMILES string of the molecule is CCCCCCCCCCOc1cccc(Oc2ccccc2C(=O)OCC)c1CCC(=O)OCC. The summed E-state index contributed by atoms with van der Waals surface area (Å²) in [5.41, 5.74) is 1.13. The van der Waals surface area contributed by atoms with Crippen molar-refractivity contribution < 1.29 is 28.5 Å². The van der Waals surface area contributed by atoms with Gasteiger partial charge in [0.1, 0.15) is 22.8 Å². The number of rotatable bonds is 18. The predicted octanol–water partition coefficient (Wildman–Crippen LogP) is 7.67. The van der Waals surface area contributed by atoms with Crippen molar-refractivity contribution in [3.8, 4) is 17.2 Å². The van der Waals surface area contributed by atoms with E-state index in [0.717, 1.165) is 18.4 Å². The lowest BCUT2D eigenvalue weighted by atomic mass is 10.1. The van der Waals surface area contributed by atoms with Gasteiger partial charge in [0.05, 0.1) is 19.8 Å². The van der Waals surface area contributed by atoms with Crippen LogP contribution in [-0.4, -0.2) is 31.8 Å². The van der Waals surface area contributed by atoms with Crippen LogP contribution in [0.4, 0.5) is 0 Å². The molecular formula is C30H42O6. The Morgan fingerprint density at radius 1 is 0.694 bits per heavy atom. The molecule has 0 aliphatic rings. The number of unbranched alkanes of at least 4 members (excludes halogenated alkanes) is 7. The highest BCUT2D eigenvalue weighted by atomic mass is 16.5. The summed E-state index contributed by atoms with van der Waals surface area (Å²) >= 11 is 0. The van der Waals surface area contributed by atoms with Gasteiger partial charge in [0.25, 0.3) is 0 Å². The molecule has 6 nitrogen and oxygen atoms in total. The molecule has 0 saturated heterocycles. The van der Waals surface area contributed by atoms with Gasteiger partial charge in [0, 0.05) is 12.0 Å². The van der Waals surface area contributed by atoms with Crippen LogP contribution in [-0.2, 0) is 20.7 Å². The molecule has 0 atom stereocenters. The number of carbonyl (C=O) groups excluding carboxylic acids is 2. The van der Waals surface area contributed by atoms with Crippen LogP contribution in [0.15, 0.2) is 42.5 Å². The molecule has 0 unspecified atom stereocenters. The van der Waals surface area contributed by atoms with E-state index in [1.807, 2.05) is 18.2 Å². The number of hydrogen-bond donors (Lipinski definition) is 0. The summed E-state index contributed by atoms with van der Waals surface area (Å²) in [7, 11) is 0. The van der Waals surface area contributed by atoms with Gasteiger partial charge in [-0.25, -0.2) is 4.79 Å². The maximum absolute atomic E-state index is 12.4. The molecule has 0 aliphatic heterocycles. The second-order valence-corrected chi connectivity index (χ2v) is 8.68. The first-order chi connectivity index (χ1) is 17.6. The van der Waals surface area contributed by atoms with Gasteiger partial charge in [-0.05, 0) is 51.0 Å². The Morgan fingerprint density at radius 3 is 2.06 bits per heavy atom. The van der Waals surface area contributed by atoms with Crippen LogP contribution >= 0.6 is 0 Å². The minimum atomic E-state index is -0.441. The van der Waals surface area contributed by atoms with Crippen LogP contribution in [0.3, 0.4) is 0 Å². The smallest absolute Gasteiger partial charge is 0.341 e. The number of hydrogen-bond acceptors (Lipinski definition) is 6. The number of para-hydroxylation sites is 1. The number of esters is 2. The van der Waals surface area contributed by atoms with Crippen LogP contribution in [0, 0.1) is 0 Å². The maximum atomic E-state index is 12.4. The van der Waals surface area contributed by atoms with Crippen molar-refractivity contribution in [3.63, 3.8) is 0 Å². The molecule has 0 radical (unpaired) electrons. The molecule has 6 heteroatoms. The van der Waals surface area contributed by atoms with Crippen LogP contribution < -0.4 is 9.47 Å². The molecule has 0 fully saturated rings. The molecule has 36 heavy (non-hydrogen) atoms. The van der Waals surface area contributed by atoms with Crippen LogP contribution in [0.2, 0.25) is 0 Å². The summed E-state index contributed by atoms with van der Waals surface area (Å²) in [5.74, 6) is 0.919. The Hall–Kier alpha value is -3.02. The van der Waals surface area contributed by atoms with Crippen molar-refractivity contribution in [1.29, 1.82) is 0 Å². The topological polar surface area (TPSA) is 71.1 Å². The van der Waals surface area contributed by atoms with Crippen LogP contribution in [0.5, 0.6) is 17.2 Å². The largest absolute Gasteiger partial charge is 0.493 e. The van der Waals surface area contributed by atoms with E-state index in [1.54, 1.807) is 38.1 Å². The Bertz CT molecular complexity index is 923. The lowest BCUT2D eigenvalue weighted by Gasteiger charge is -2.17. The summed E-state index contributed by atoms with van der Waals surface area (Å²) < 4.78 is 22.6. The normalized spacial score (nSPS) is 10.6. The monoisotopic (exact) mass is 498 g/mol. The van der Waals surface area contributed by atoms with Crippen LogP contribution in [0.25, 0.3) is 0 Å². The summed E-state index contributed by atoms with van der Waals surface area (Å²) in [6, 6.07) is 12.6. The summed E-state index contributed by atoms with van der Waals surface area (Å²) in [5, 5.41) is 0. The van der Waals surface area contributed by atoms with Gasteiger partial charge >= 0.3 is 11.9 Å². The van der Waals surface area contributed by atoms with Gasteiger partial charge in [-0.2, -0.15) is 0 Å². The highest BCUT2D eigenvalue weighted by Crippen LogP contribution is 2.35. The molecule has 0 bridgehead atoms. The summed E-state index contributed by atoms with van der Waals surface area (Å²) in [6.45, 7) is 7.01. The molecule has 2 aromatic carbocycles. The summed E-state index contributed by atoms with van der Waals surface area (Å²) in [6.07, 6.45) is 10.4. The molecule has 0 heterocycles. The van der Waals surface area contributed by atoms with E-state index >= 15 is 0 Å². The molecule has 198 valence electrons. The van der Waals surface area contributed by atoms with E-state index in [-0.39, 0.29) is 19.0 Å². The molecule has 0 N–H and O–H groups in total. The zero-order valence-electron chi connectivity index (χ0n) is 22.2. The molecule has 2 aromatic rings. The fourth-order valence-corrected chi connectivity index (χ4v) is 3.95. The van der Waals surface area contributed by atoms with Crippen molar-refractivity contribution in [3.05, 3.63) is 53.6 Å². The zero-order chi connectivity index (χ0) is 26.0. The third kappa shape index (κ3) is 10.3. The van der Waals surface area contributed by atoms with Gasteiger partial charge < -0.3 is 18.9 Å². The Labute approximate surface area is 216 Å². The fourth-order valence-electron chi connectivity index (χ4n) is 3.95. The fraction of sp³-hybridized carbons (Fsp3) is 0.533. The Kier molecular flexibility index (Phi) is 14.1. The molecule has 0 spiro atoms.